The topological polar surface area (TPSA) is 237 Å². The van der Waals surface area contributed by atoms with Crippen LogP contribution in [0.25, 0.3) is 0 Å². The first-order valence-corrected chi connectivity index (χ1v) is 48.7. The van der Waals surface area contributed by atoms with Crippen LogP contribution in [-0.2, 0) is 65.4 Å². The zero-order valence-electron chi connectivity index (χ0n) is 71.5. The third-order valence-electron chi connectivity index (χ3n) is 21.2. The van der Waals surface area contributed by atoms with Crippen molar-refractivity contribution in [2.24, 2.45) is 23.7 Å². The Bertz CT molecular complexity index is 2100. The molecule has 642 valence electrons. The second-order valence-electron chi connectivity index (χ2n) is 33.7. The van der Waals surface area contributed by atoms with Crippen molar-refractivity contribution in [2.75, 3.05) is 39.6 Å². The molecule has 0 spiro atoms. The van der Waals surface area contributed by atoms with Gasteiger partial charge in [-0.05, 0) is 49.4 Å². The normalized spacial score (nSPS) is 14.1. The molecule has 0 heterocycles. The van der Waals surface area contributed by atoms with Crippen LogP contribution >= 0.6 is 15.6 Å². The van der Waals surface area contributed by atoms with Gasteiger partial charge >= 0.3 is 39.5 Å². The summed E-state index contributed by atoms with van der Waals surface area (Å²) in [5, 5.41) is 10.7. The Kier molecular flexibility index (Phi) is 76.2. The number of aliphatic hydroxyl groups is 1. The molecule has 0 aliphatic rings. The SMILES string of the molecule is CCC(C)CCCCCCCCCCC(=O)OC[C@H](COP(=O)(O)OC[C@H](O)COP(=O)(O)OC[C@@H](COC(=O)CCCCCCCCCCCCCCCCCCCCC(C)C)OC(=O)CCCCCCCCCCCCCCCCCCCCC(C)C)OC(=O)CCCCCCCCCCCCCC(C)C. The quantitative estimate of drug-likeness (QED) is 0.0222. The van der Waals surface area contributed by atoms with Crippen molar-refractivity contribution in [1.29, 1.82) is 0 Å². The molecule has 0 bridgehead atoms. The maximum Gasteiger partial charge on any atom is 0.472 e. The molecule has 0 aromatic carbocycles. The molecule has 3 N–H and O–H groups in total. The average molecular weight is 1580 g/mol. The first-order valence-electron chi connectivity index (χ1n) is 45.7. The summed E-state index contributed by atoms with van der Waals surface area (Å²) in [4.78, 5) is 73.3. The van der Waals surface area contributed by atoms with E-state index in [1.807, 2.05) is 0 Å². The first kappa shape index (κ1) is 106. The van der Waals surface area contributed by atoms with E-state index in [1.165, 1.54) is 270 Å². The molecule has 0 fully saturated rings. The van der Waals surface area contributed by atoms with Gasteiger partial charge in [0.1, 0.15) is 19.3 Å². The maximum atomic E-state index is 13.2. The van der Waals surface area contributed by atoms with E-state index < -0.39 is 97.5 Å². The van der Waals surface area contributed by atoms with E-state index in [2.05, 4.69) is 55.4 Å². The summed E-state index contributed by atoms with van der Waals surface area (Å²) in [5.74, 6) is 1.08. The van der Waals surface area contributed by atoms with Crippen molar-refractivity contribution < 1.29 is 80.2 Å². The fourth-order valence-electron chi connectivity index (χ4n) is 13.8. The largest absolute Gasteiger partial charge is 0.472 e. The molecule has 19 heteroatoms. The lowest BCUT2D eigenvalue weighted by molar-refractivity contribution is -0.161. The molecule has 0 radical (unpaired) electrons. The summed E-state index contributed by atoms with van der Waals surface area (Å²) in [5.41, 5.74) is 0. The third kappa shape index (κ3) is 80.7. The number of aliphatic hydroxyl groups excluding tert-OH is 1. The van der Waals surface area contributed by atoms with Crippen LogP contribution < -0.4 is 0 Å². The summed E-state index contributed by atoms with van der Waals surface area (Å²) in [6, 6.07) is 0. The zero-order valence-corrected chi connectivity index (χ0v) is 73.3. The lowest BCUT2D eigenvalue weighted by Gasteiger charge is -2.21. The minimum atomic E-state index is -4.97. The predicted molar refractivity (Wildman–Crippen MR) is 446 cm³/mol. The zero-order chi connectivity index (χ0) is 79.5. The molecular weight excluding hydrogens is 1400 g/mol. The summed E-state index contributed by atoms with van der Waals surface area (Å²) in [6.07, 6.45) is 68.1. The number of rotatable bonds is 86. The smallest absolute Gasteiger partial charge is 0.462 e. The fraction of sp³-hybridized carbons (Fsp3) is 0.955. The number of hydrogen-bond acceptors (Lipinski definition) is 15. The van der Waals surface area contributed by atoms with Crippen LogP contribution in [0.5, 0.6) is 0 Å². The molecule has 17 nitrogen and oxygen atoms in total. The lowest BCUT2D eigenvalue weighted by Crippen LogP contribution is -2.30. The van der Waals surface area contributed by atoms with Gasteiger partial charge in [-0.15, -0.1) is 0 Å². The summed E-state index contributed by atoms with van der Waals surface area (Å²) >= 11 is 0. The van der Waals surface area contributed by atoms with Gasteiger partial charge < -0.3 is 33.8 Å². The van der Waals surface area contributed by atoms with Crippen molar-refractivity contribution in [3.05, 3.63) is 0 Å². The summed E-state index contributed by atoms with van der Waals surface area (Å²) < 4.78 is 69.0. The highest BCUT2D eigenvalue weighted by molar-refractivity contribution is 7.47. The van der Waals surface area contributed by atoms with E-state index in [0.717, 1.165) is 114 Å². The van der Waals surface area contributed by atoms with E-state index in [9.17, 15) is 43.2 Å². The van der Waals surface area contributed by atoms with Crippen LogP contribution in [0.3, 0.4) is 0 Å². The van der Waals surface area contributed by atoms with E-state index in [4.69, 9.17) is 37.0 Å². The van der Waals surface area contributed by atoms with Gasteiger partial charge in [-0.1, -0.05) is 415 Å². The molecule has 0 aromatic rings. The third-order valence-corrected chi connectivity index (χ3v) is 23.1. The van der Waals surface area contributed by atoms with E-state index in [1.54, 1.807) is 0 Å². The van der Waals surface area contributed by atoms with Gasteiger partial charge in [0.25, 0.3) is 0 Å². The second kappa shape index (κ2) is 77.6. The standard InChI is InChI=1S/C89H174O17P2/c1-9-82(8)68-60-52-44-39-40-46-54-62-70-87(92)100-76-85(106-89(94)72-64-56-48-38-32-26-29-35-43-51-59-67-81(6)7)78-104-108(97,98)102-74-83(90)73-101-107(95,96)103-77-84(105-88(93)71-63-55-47-37-31-25-21-17-13-11-15-19-23-28-34-42-50-58-66-80(4)5)75-99-86(91)69-61-53-45-36-30-24-20-16-12-10-14-18-22-27-33-41-49-57-65-79(2)3/h79-85,90H,9-78H2,1-8H3,(H,95,96)(H,97,98)/t82?,83-,84-,85-/m1/s1. The number of phosphoric acid groups is 2. The lowest BCUT2D eigenvalue weighted by atomic mass is 9.99. The van der Waals surface area contributed by atoms with Gasteiger partial charge in [-0.3, -0.25) is 37.3 Å². The van der Waals surface area contributed by atoms with Crippen LogP contribution in [-0.4, -0.2) is 96.7 Å². The Morgan fingerprint density at radius 1 is 0.259 bits per heavy atom. The highest BCUT2D eigenvalue weighted by Crippen LogP contribution is 2.45. The Morgan fingerprint density at radius 3 is 0.657 bits per heavy atom. The van der Waals surface area contributed by atoms with Gasteiger partial charge in [0.2, 0.25) is 0 Å². The Labute approximate surface area is 664 Å². The summed E-state index contributed by atoms with van der Waals surface area (Å²) in [7, 11) is -9.93. The highest BCUT2D eigenvalue weighted by atomic mass is 31.2. The van der Waals surface area contributed by atoms with Crippen molar-refractivity contribution in [3.8, 4) is 0 Å². The minimum Gasteiger partial charge on any atom is -0.462 e. The summed E-state index contributed by atoms with van der Waals surface area (Å²) in [6.45, 7) is 14.4. The maximum absolute atomic E-state index is 13.2. The molecule has 6 atom stereocenters. The number of unbranched alkanes of at least 4 members (excludes halogenated alkanes) is 51. The molecule has 0 rings (SSSR count). The molecule has 0 aliphatic heterocycles. The number of ether oxygens (including phenoxy) is 4. The molecule has 3 unspecified atom stereocenters. The van der Waals surface area contributed by atoms with E-state index in [-0.39, 0.29) is 25.7 Å². The molecule has 0 saturated heterocycles. The van der Waals surface area contributed by atoms with Crippen LogP contribution in [0.15, 0.2) is 0 Å². The second-order valence-corrected chi connectivity index (χ2v) is 36.6. The highest BCUT2D eigenvalue weighted by Gasteiger charge is 2.31. The molecule has 0 saturated carbocycles. The molecule has 0 aromatic heterocycles. The van der Waals surface area contributed by atoms with Crippen molar-refractivity contribution in [2.45, 2.75) is 485 Å². The van der Waals surface area contributed by atoms with Gasteiger partial charge in [-0.2, -0.15) is 0 Å². The average Bonchev–Trinajstić information content (AvgIpc) is 0.898. The van der Waals surface area contributed by atoms with Crippen LogP contribution in [0.4, 0.5) is 0 Å². The van der Waals surface area contributed by atoms with Crippen molar-refractivity contribution in [1.82, 2.24) is 0 Å². The number of carbonyl (C=O) groups excluding carboxylic acids is 4. The first-order chi connectivity index (χ1) is 52.1. The van der Waals surface area contributed by atoms with Gasteiger partial charge in [0.05, 0.1) is 26.4 Å². The number of phosphoric ester groups is 2. The number of hydrogen-bond donors (Lipinski definition) is 3. The van der Waals surface area contributed by atoms with Crippen LogP contribution in [0.1, 0.15) is 466 Å². The molecule has 108 heavy (non-hydrogen) atoms. The van der Waals surface area contributed by atoms with E-state index in [0.29, 0.717) is 25.7 Å². The van der Waals surface area contributed by atoms with Crippen LogP contribution in [0.2, 0.25) is 0 Å². The number of esters is 4. The van der Waals surface area contributed by atoms with E-state index >= 15 is 0 Å². The number of carbonyl (C=O) groups is 4. The monoisotopic (exact) mass is 1580 g/mol. The van der Waals surface area contributed by atoms with Gasteiger partial charge in [-0.25, -0.2) is 9.13 Å². The predicted octanol–water partition coefficient (Wildman–Crippen LogP) is 27.1. The Balaban J connectivity index is 5.24. The molecular formula is C89H174O17P2. The van der Waals surface area contributed by atoms with Crippen molar-refractivity contribution >= 4 is 39.5 Å². The minimum absolute atomic E-state index is 0.106. The van der Waals surface area contributed by atoms with Crippen LogP contribution in [0, 0.1) is 23.7 Å². The Hall–Kier alpha value is -1.94. The molecule has 0 aliphatic carbocycles. The fourth-order valence-corrected chi connectivity index (χ4v) is 15.4. The van der Waals surface area contributed by atoms with Crippen molar-refractivity contribution in [3.63, 3.8) is 0 Å². The molecule has 0 amide bonds. The van der Waals surface area contributed by atoms with Gasteiger partial charge in [0.15, 0.2) is 12.2 Å². The Morgan fingerprint density at radius 2 is 0.444 bits per heavy atom. The van der Waals surface area contributed by atoms with Gasteiger partial charge in [0, 0.05) is 25.7 Å².